The van der Waals surface area contributed by atoms with Crippen LogP contribution in [0.2, 0.25) is 0 Å². The van der Waals surface area contributed by atoms with Crippen molar-refractivity contribution < 1.29 is 14.3 Å². The van der Waals surface area contributed by atoms with E-state index in [1.54, 1.807) is 0 Å². The zero-order valence-electron chi connectivity index (χ0n) is 18.2. The minimum Gasteiger partial charge on any atom is -0.486 e. The van der Waals surface area contributed by atoms with E-state index in [2.05, 4.69) is 10.3 Å². The van der Waals surface area contributed by atoms with Crippen LogP contribution in [-0.2, 0) is 17.9 Å². The van der Waals surface area contributed by atoms with E-state index < -0.39 is 0 Å². The predicted molar refractivity (Wildman–Crippen MR) is 128 cm³/mol. The first kappa shape index (κ1) is 21.2. The summed E-state index contributed by atoms with van der Waals surface area (Å²) in [7, 11) is 0. The molecule has 33 heavy (non-hydrogen) atoms. The molecule has 0 fully saturated rings. The summed E-state index contributed by atoms with van der Waals surface area (Å²) >= 11 is 1.45. The maximum Gasteiger partial charge on any atom is 0.262 e. The van der Waals surface area contributed by atoms with Gasteiger partial charge in [-0.2, -0.15) is 0 Å². The summed E-state index contributed by atoms with van der Waals surface area (Å²) in [5, 5.41) is 5.47. The van der Waals surface area contributed by atoms with Crippen molar-refractivity contribution in [3.8, 4) is 22.6 Å². The Labute approximate surface area is 194 Å². The topological polar surface area (TPSA) is 82.5 Å². The van der Waals surface area contributed by atoms with Crippen LogP contribution in [0.15, 0.2) is 59.0 Å². The molecule has 0 unspecified atom stereocenters. The summed E-state index contributed by atoms with van der Waals surface area (Å²) in [4.78, 5) is 30.7. The number of amides is 1. The van der Waals surface area contributed by atoms with E-state index in [1.807, 2.05) is 54.8 Å². The van der Waals surface area contributed by atoms with Gasteiger partial charge < -0.3 is 14.8 Å². The van der Waals surface area contributed by atoms with Crippen molar-refractivity contribution in [2.45, 2.75) is 26.4 Å². The van der Waals surface area contributed by atoms with Crippen molar-refractivity contribution in [2.24, 2.45) is 0 Å². The number of thiophene rings is 1. The molecule has 0 radical (unpaired) electrons. The molecule has 0 bridgehead atoms. The number of fused-ring (bicyclic) bond motifs is 2. The van der Waals surface area contributed by atoms with Crippen LogP contribution in [0.25, 0.3) is 21.3 Å². The molecule has 0 saturated carbocycles. The maximum atomic E-state index is 13.2. The van der Waals surface area contributed by atoms with Gasteiger partial charge in [0, 0.05) is 30.5 Å². The van der Waals surface area contributed by atoms with Crippen molar-refractivity contribution >= 4 is 27.5 Å². The molecule has 0 saturated heterocycles. The molecular weight excluding hydrogens is 438 g/mol. The Balaban J connectivity index is 1.26. The molecule has 2 aromatic heterocycles. The average molecular weight is 462 g/mol. The van der Waals surface area contributed by atoms with E-state index in [4.69, 9.17) is 9.47 Å². The van der Waals surface area contributed by atoms with Crippen LogP contribution >= 0.6 is 11.3 Å². The molecule has 5 rings (SSSR count). The normalized spacial score (nSPS) is 12.6. The van der Waals surface area contributed by atoms with E-state index in [1.165, 1.54) is 22.2 Å². The van der Waals surface area contributed by atoms with Crippen molar-refractivity contribution in [1.82, 2.24) is 14.9 Å². The smallest absolute Gasteiger partial charge is 0.262 e. The van der Waals surface area contributed by atoms with Gasteiger partial charge in [0.15, 0.2) is 11.5 Å². The molecule has 4 aromatic rings. The minimum absolute atomic E-state index is 0.128. The Kier molecular flexibility index (Phi) is 5.83. The van der Waals surface area contributed by atoms with Gasteiger partial charge in [-0.3, -0.25) is 14.2 Å². The Bertz CT molecular complexity index is 1370. The number of hydrogen-bond donors (Lipinski definition) is 1. The second kappa shape index (κ2) is 9.07. The second-order valence-electron chi connectivity index (χ2n) is 7.94. The summed E-state index contributed by atoms with van der Waals surface area (Å²) in [5.74, 6) is 1.28. The average Bonchev–Trinajstić information content (AvgIpc) is 3.27. The van der Waals surface area contributed by atoms with Crippen LogP contribution in [0, 0.1) is 6.92 Å². The van der Waals surface area contributed by atoms with Crippen molar-refractivity contribution in [3.05, 3.63) is 75.7 Å². The lowest BCUT2D eigenvalue weighted by Crippen LogP contribution is -2.27. The number of carbonyl (C=O) groups is 1. The number of rotatable bonds is 6. The van der Waals surface area contributed by atoms with Crippen molar-refractivity contribution in [2.75, 3.05) is 13.2 Å². The van der Waals surface area contributed by atoms with Gasteiger partial charge in [0.25, 0.3) is 5.56 Å². The first-order valence-corrected chi connectivity index (χ1v) is 11.7. The summed E-state index contributed by atoms with van der Waals surface area (Å²) < 4.78 is 12.6. The fourth-order valence-corrected chi connectivity index (χ4v) is 4.69. The number of aryl methyl sites for hydroxylation is 2. The number of benzene rings is 2. The van der Waals surface area contributed by atoms with Crippen LogP contribution < -0.4 is 20.3 Å². The molecule has 2 aromatic carbocycles. The maximum absolute atomic E-state index is 13.2. The molecule has 7 nitrogen and oxygen atoms in total. The zero-order chi connectivity index (χ0) is 22.8. The molecule has 3 heterocycles. The lowest BCUT2D eigenvalue weighted by atomic mass is 10.1. The van der Waals surface area contributed by atoms with Crippen LogP contribution in [0.5, 0.6) is 11.5 Å². The fraction of sp³-hybridized carbons (Fsp3) is 0.240. The van der Waals surface area contributed by atoms with Gasteiger partial charge in [0.1, 0.15) is 18.0 Å². The van der Waals surface area contributed by atoms with Crippen molar-refractivity contribution in [3.63, 3.8) is 0 Å². The molecule has 1 aliphatic heterocycles. The van der Waals surface area contributed by atoms with Crippen molar-refractivity contribution in [1.29, 1.82) is 0 Å². The monoisotopic (exact) mass is 461 g/mol. The number of carbonyl (C=O) groups excluding carboxylic acids is 1. The van der Waals surface area contributed by atoms with E-state index >= 15 is 0 Å². The highest BCUT2D eigenvalue weighted by Gasteiger charge is 2.15. The van der Waals surface area contributed by atoms with Crippen LogP contribution in [-0.4, -0.2) is 28.7 Å². The Morgan fingerprint density at radius 1 is 1.12 bits per heavy atom. The van der Waals surface area contributed by atoms with E-state index in [0.717, 1.165) is 28.0 Å². The third-order valence-electron chi connectivity index (χ3n) is 5.60. The van der Waals surface area contributed by atoms with Crippen LogP contribution in [0.4, 0.5) is 0 Å². The molecule has 0 aliphatic carbocycles. The molecular formula is C25H23N3O4S. The van der Waals surface area contributed by atoms with Gasteiger partial charge in [0.2, 0.25) is 5.91 Å². The number of aromatic nitrogens is 2. The lowest BCUT2D eigenvalue weighted by Gasteiger charge is -2.19. The third-order valence-corrected chi connectivity index (χ3v) is 6.49. The highest BCUT2D eigenvalue weighted by atomic mass is 32.1. The molecule has 1 N–H and O–H groups in total. The first-order valence-electron chi connectivity index (χ1n) is 10.8. The Morgan fingerprint density at radius 3 is 2.73 bits per heavy atom. The van der Waals surface area contributed by atoms with Gasteiger partial charge >= 0.3 is 0 Å². The number of nitrogens with zero attached hydrogens (tertiary/aromatic N) is 2. The van der Waals surface area contributed by atoms with Gasteiger partial charge in [-0.05, 0) is 30.2 Å². The summed E-state index contributed by atoms with van der Waals surface area (Å²) in [6.07, 6.45) is 1.70. The largest absolute Gasteiger partial charge is 0.486 e. The molecule has 1 amide bonds. The minimum atomic E-state index is -0.138. The Morgan fingerprint density at radius 2 is 1.91 bits per heavy atom. The van der Waals surface area contributed by atoms with E-state index in [0.29, 0.717) is 35.7 Å². The number of hydrogen-bond acceptors (Lipinski definition) is 6. The van der Waals surface area contributed by atoms with Gasteiger partial charge in [-0.15, -0.1) is 11.3 Å². The van der Waals surface area contributed by atoms with Crippen LogP contribution in [0.1, 0.15) is 17.5 Å². The predicted octanol–water partition coefficient (Wildman–Crippen LogP) is 3.91. The molecule has 8 heteroatoms. The van der Waals surface area contributed by atoms with Gasteiger partial charge in [-0.1, -0.05) is 35.9 Å². The SMILES string of the molecule is Cc1ccc(-c2csc3ncn(CCC(=O)NCc4ccc5c(c4)OCCO5)c(=O)c23)cc1. The third kappa shape index (κ3) is 4.47. The van der Waals surface area contributed by atoms with E-state index in [9.17, 15) is 9.59 Å². The van der Waals surface area contributed by atoms with E-state index in [-0.39, 0.29) is 24.4 Å². The summed E-state index contributed by atoms with van der Waals surface area (Å²) in [6, 6.07) is 13.7. The highest BCUT2D eigenvalue weighted by molar-refractivity contribution is 7.17. The quantitative estimate of drug-likeness (QED) is 0.471. The first-order chi connectivity index (χ1) is 16.1. The molecule has 168 valence electrons. The molecule has 0 spiro atoms. The van der Waals surface area contributed by atoms with Crippen LogP contribution in [0.3, 0.4) is 0 Å². The lowest BCUT2D eigenvalue weighted by molar-refractivity contribution is -0.121. The Hall–Kier alpha value is -3.65. The number of nitrogens with one attached hydrogen (secondary N) is 1. The zero-order valence-corrected chi connectivity index (χ0v) is 19.0. The van der Waals surface area contributed by atoms with Gasteiger partial charge in [-0.25, -0.2) is 4.98 Å². The fourth-order valence-electron chi connectivity index (χ4n) is 3.78. The van der Waals surface area contributed by atoms with Gasteiger partial charge in [0.05, 0.1) is 11.7 Å². The standard InChI is InChI=1S/C25H23N3O4S/c1-16-2-5-18(6-3-16)19-14-33-24-23(19)25(30)28(15-27-24)9-8-22(29)26-13-17-4-7-20-21(12-17)32-11-10-31-20/h2-7,12,14-15H,8-11,13H2,1H3,(H,26,29). The second-order valence-corrected chi connectivity index (χ2v) is 8.80. The number of ether oxygens (including phenoxy) is 2. The highest BCUT2D eigenvalue weighted by Crippen LogP contribution is 2.31. The summed E-state index contributed by atoms with van der Waals surface area (Å²) in [5.41, 5.74) is 3.83. The molecule has 0 atom stereocenters. The summed E-state index contributed by atoms with van der Waals surface area (Å²) in [6.45, 7) is 3.73. The molecule has 1 aliphatic rings.